The summed E-state index contributed by atoms with van der Waals surface area (Å²) in [7, 11) is 3.36. The molecule has 4 aromatic rings. The second-order valence-electron chi connectivity index (χ2n) is 8.81. The second-order valence-corrected chi connectivity index (χ2v) is 9.22. The van der Waals surface area contributed by atoms with Crippen LogP contribution in [0.1, 0.15) is 27.2 Å². The third-order valence-electron chi connectivity index (χ3n) is 5.87. The van der Waals surface area contributed by atoms with Crippen molar-refractivity contribution in [2.75, 3.05) is 32.6 Å². The van der Waals surface area contributed by atoms with Crippen molar-refractivity contribution in [1.82, 2.24) is 15.1 Å². The molecule has 3 aromatic carbocycles. The highest BCUT2D eigenvalue weighted by Crippen LogP contribution is 2.30. The van der Waals surface area contributed by atoms with E-state index in [-0.39, 0.29) is 24.2 Å². The quantitative estimate of drug-likeness (QED) is 0.130. The molecule has 0 fully saturated rings. The third kappa shape index (κ3) is 7.58. The van der Waals surface area contributed by atoms with Gasteiger partial charge in [0.15, 0.2) is 11.5 Å². The summed E-state index contributed by atoms with van der Waals surface area (Å²) in [5, 5.41) is 10.8. The molecule has 0 atom stereocenters. The smallest absolute Gasteiger partial charge is 0.251 e. The largest absolute Gasteiger partial charge is 0.487 e. The van der Waals surface area contributed by atoms with Gasteiger partial charge in [0, 0.05) is 32.5 Å². The SMILES string of the molecule is CNc1cn(Cc2ccc(C(=O)NCCOC)cc2)nc1C(N)=Nc1ccc(OCc2cccc(F)c2)c(Cl)c1. The molecular weight excluding hydrogens is 535 g/mol. The van der Waals surface area contributed by atoms with Gasteiger partial charge in [0.1, 0.15) is 18.2 Å². The number of amides is 1. The molecule has 0 aliphatic heterocycles. The lowest BCUT2D eigenvalue weighted by atomic mass is 10.1. The maximum Gasteiger partial charge on any atom is 0.251 e. The molecule has 208 valence electrons. The number of hydrogen-bond donors (Lipinski definition) is 3. The predicted molar refractivity (Wildman–Crippen MR) is 154 cm³/mol. The molecule has 0 unspecified atom stereocenters. The van der Waals surface area contributed by atoms with Crippen LogP contribution in [0.15, 0.2) is 77.9 Å². The molecule has 1 heterocycles. The first-order valence-electron chi connectivity index (χ1n) is 12.5. The predicted octanol–water partition coefficient (Wildman–Crippen LogP) is 4.76. The van der Waals surface area contributed by atoms with E-state index in [1.54, 1.807) is 61.3 Å². The normalized spacial score (nSPS) is 11.3. The van der Waals surface area contributed by atoms with E-state index in [0.29, 0.717) is 58.7 Å². The summed E-state index contributed by atoms with van der Waals surface area (Å²) >= 11 is 6.40. The van der Waals surface area contributed by atoms with Gasteiger partial charge in [-0.3, -0.25) is 9.48 Å². The maximum atomic E-state index is 13.4. The van der Waals surface area contributed by atoms with Crippen LogP contribution in [0.4, 0.5) is 15.8 Å². The average molecular weight is 565 g/mol. The lowest BCUT2D eigenvalue weighted by molar-refractivity contribution is 0.0937. The number of halogens is 2. The molecule has 0 saturated heterocycles. The highest BCUT2D eigenvalue weighted by atomic mass is 35.5. The number of nitrogens with two attached hydrogens (primary N) is 1. The lowest BCUT2D eigenvalue weighted by Gasteiger charge is -2.09. The Hall–Kier alpha value is -4.41. The molecular formula is C29H30ClFN6O3. The Bertz CT molecular complexity index is 1490. The fourth-order valence-electron chi connectivity index (χ4n) is 3.85. The van der Waals surface area contributed by atoms with Gasteiger partial charge in [-0.2, -0.15) is 5.10 Å². The zero-order chi connectivity index (χ0) is 28.5. The zero-order valence-corrected chi connectivity index (χ0v) is 22.9. The van der Waals surface area contributed by atoms with Crippen LogP contribution in [-0.4, -0.2) is 48.8 Å². The number of anilines is 1. The van der Waals surface area contributed by atoms with Gasteiger partial charge in [-0.05, 0) is 53.6 Å². The zero-order valence-electron chi connectivity index (χ0n) is 22.2. The molecule has 40 heavy (non-hydrogen) atoms. The third-order valence-corrected chi connectivity index (χ3v) is 6.17. The van der Waals surface area contributed by atoms with Crippen LogP contribution in [0.25, 0.3) is 0 Å². The number of carbonyl (C=O) groups excluding carboxylic acids is 1. The second kappa shape index (κ2) is 13.6. The Balaban J connectivity index is 1.43. The topological polar surface area (TPSA) is 116 Å². The van der Waals surface area contributed by atoms with Crippen LogP contribution in [-0.2, 0) is 17.9 Å². The maximum absolute atomic E-state index is 13.4. The van der Waals surface area contributed by atoms with Crippen LogP contribution in [0.2, 0.25) is 5.02 Å². The summed E-state index contributed by atoms with van der Waals surface area (Å²) in [4.78, 5) is 16.7. The van der Waals surface area contributed by atoms with Crippen molar-refractivity contribution in [1.29, 1.82) is 0 Å². The number of aliphatic imine (C=N–C) groups is 1. The van der Waals surface area contributed by atoms with Gasteiger partial charge in [-0.1, -0.05) is 35.9 Å². The summed E-state index contributed by atoms with van der Waals surface area (Å²) < 4.78 is 25.8. The van der Waals surface area contributed by atoms with E-state index in [4.69, 9.17) is 26.8 Å². The molecule has 0 radical (unpaired) electrons. The standard InChI is InChI=1S/C29H30ClFN6O3/c1-33-25-17-37(16-19-6-8-21(9-7-19)29(38)34-12-13-39-2)36-27(25)28(32)35-23-10-11-26(24(30)15-23)40-18-20-4-3-5-22(31)14-20/h3-11,14-15,17,33H,12-13,16,18H2,1-2H3,(H2,32,35)(H,34,38). The van der Waals surface area contributed by atoms with Gasteiger partial charge in [0.05, 0.1) is 29.5 Å². The van der Waals surface area contributed by atoms with Crippen molar-refractivity contribution in [2.45, 2.75) is 13.2 Å². The molecule has 9 nitrogen and oxygen atoms in total. The van der Waals surface area contributed by atoms with E-state index < -0.39 is 0 Å². The van der Waals surface area contributed by atoms with E-state index >= 15 is 0 Å². The Labute approximate surface area is 236 Å². The summed E-state index contributed by atoms with van der Waals surface area (Å²) in [6.07, 6.45) is 1.83. The number of ether oxygens (including phenoxy) is 2. The first-order chi connectivity index (χ1) is 19.4. The number of methoxy groups -OCH3 is 1. The molecule has 4 N–H and O–H groups in total. The van der Waals surface area contributed by atoms with Crippen LogP contribution in [0.5, 0.6) is 5.75 Å². The van der Waals surface area contributed by atoms with Gasteiger partial charge in [0.2, 0.25) is 0 Å². The minimum Gasteiger partial charge on any atom is -0.487 e. The minimum atomic E-state index is -0.327. The summed E-state index contributed by atoms with van der Waals surface area (Å²) in [6, 6.07) is 18.5. The number of rotatable bonds is 12. The summed E-state index contributed by atoms with van der Waals surface area (Å²) in [5.74, 6) is 0.169. The lowest BCUT2D eigenvalue weighted by Crippen LogP contribution is -2.26. The van der Waals surface area contributed by atoms with Gasteiger partial charge in [-0.25, -0.2) is 9.38 Å². The van der Waals surface area contributed by atoms with E-state index in [1.165, 1.54) is 12.1 Å². The first kappa shape index (κ1) is 28.6. The summed E-state index contributed by atoms with van der Waals surface area (Å²) in [5.41, 5.74) is 10.3. The van der Waals surface area contributed by atoms with Crippen LogP contribution >= 0.6 is 11.6 Å². The van der Waals surface area contributed by atoms with Crippen molar-refractivity contribution in [3.05, 3.63) is 106 Å². The van der Waals surface area contributed by atoms with Crippen LogP contribution < -0.4 is 21.1 Å². The first-order valence-corrected chi connectivity index (χ1v) is 12.9. The molecule has 0 spiro atoms. The summed E-state index contributed by atoms with van der Waals surface area (Å²) in [6.45, 7) is 1.55. The van der Waals surface area contributed by atoms with E-state index in [0.717, 1.165) is 5.56 Å². The molecule has 4 rings (SSSR count). The van der Waals surface area contributed by atoms with Crippen molar-refractivity contribution >= 4 is 34.7 Å². The minimum absolute atomic E-state index is 0.155. The Kier molecular flexibility index (Phi) is 9.71. The molecule has 0 aliphatic carbocycles. The van der Waals surface area contributed by atoms with Crippen molar-refractivity contribution in [2.24, 2.45) is 10.7 Å². The van der Waals surface area contributed by atoms with Gasteiger partial charge in [0.25, 0.3) is 5.91 Å². The van der Waals surface area contributed by atoms with Crippen LogP contribution in [0, 0.1) is 5.82 Å². The Morgan fingerprint density at radius 3 is 2.62 bits per heavy atom. The molecule has 0 saturated carbocycles. The van der Waals surface area contributed by atoms with Crippen molar-refractivity contribution < 1.29 is 18.7 Å². The highest BCUT2D eigenvalue weighted by Gasteiger charge is 2.14. The number of hydrogen-bond acceptors (Lipinski definition) is 6. The van der Waals surface area contributed by atoms with E-state index in [2.05, 4.69) is 20.7 Å². The van der Waals surface area contributed by atoms with Crippen molar-refractivity contribution in [3.8, 4) is 5.75 Å². The fraction of sp³-hybridized carbons (Fsp3) is 0.207. The van der Waals surface area contributed by atoms with E-state index in [9.17, 15) is 9.18 Å². The Morgan fingerprint density at radius 1 is 1.12 bits per heavy atom. The number of amidine groups is 1. The molecule has 1 aromatic heterocycles. The van der Waals surface area contributed by atoms with Gasteiger partial charge in [-0.15, -0.1) is 0 Å². The average Bonchev–Trinajstić information content (AvgIpc) is 3.36. The van der Waals surface area contributed by atoms with Crippen LogP contribution in [0.3, 0.4) is 0 Å². The molecule has 1 amide bonds. The number of nitrogens with zero attached hydrogens (tertiary/aromatic N) is 3. The van der Waals surface area contributed by atoms with Gasteiger partial charge >= 0.3 is 0 Å². The van der Waals surface area contributed by atoms with Gasteiger partial charge < -0.3 is 25.8 Å². The number of nitrogens with one attached hydrogen (secondary N) is 2. The molecule has 0 bridgehead atoms. The Morgan fingerprint density at radius 2 is 1.93 bits per heavy atom. The number of aromatic nitrogens is 2. The highest BCUT2D eigenvalue weighted by molar-refractivity contribution is 6.32. The monoisotopic (exact) mass is 564 g/mol. The molecule has 11 heteroatoms. The number of benzene rings is 3. The fourth-order valence-corrected chi connectivity index (χ4v) is 4.08. The number of carbonyl (C=O) groups is 1. The van der Waals surface area contributed by atoms with Crippen molar-refractivity contribution in [3.63, 3.8) is 0 Å². The molecule has 0 aliphatic rings. The van der Waals surface area contributed by atoms with E-state index in [1.807, 2.05) is 18.3 Å².